The van der Waals surface area contributed by atoms with E-state index < -0.39 is 0 Å². The number of fused-ring (bicyclic) bond motifs is 1. The number of hydrogen-bond donors (Lipinski definition) is 1. The van der Waals surface area contributed by atoms with E-state index in [1.54, 1.807) is 7.11 Å². The number of carbonyl (C=O) groups is 1. The van der Waals surface area contributed by atoms with Crippen molar-refractivity contribution in [3.8, 4) is 11.5 Å². The van der Waals surface area contributed by atoms with Crippen molar-refractivity contribution in [1.82, 2.24) is 5.32 Å². The molecule has 1 atom stereocenters. The molecule has 1 heterocycles. The Balaban J connectivity index is 1.66. The Kier molecular flexibility index (Phi) is 4.98. The van der Waals surface area contributed by atoms with Crippen molar-refractivity contribution in [2.24, 2.45) is 5.92 Å². The molecule has 0 saturated carbocycles. The van der Waals surface area contributed by atoms with E-state index in [4.69, 9.17) is 9.47 Å². The number of methoxy groups -OCH3 is 1. The van der Waals surface area contributed by atoms with E-state index in [9.17, 15) is 4.79 Å². The average molecular weight is 339 g/mol. The lowest BCUT2D eigenvalue weighted by Gasteiger charge is -2.25. The Labute approximate surface area is 149 Å². The number of aryl methyl sites for hydroxylation is 3. The molecule has 1 aliphatic rings. The maximum Gasteiger partial charge on any atom is 0.227 e. The van der Waals surface area contributed by atoms with Gasteiger partial charge in [0.2, 0.25) is 5.91 Å². The fourth-order valence-corrected chi connectivity index (χ4v) is 3.47. The molecule has 1 aliphatic heterocycles. The minimum atomic E-state index is -0.175. The summed E-state index contributed by atoms with van der Waals surface area (Å²) >= 11 is 0. The van der Waals surface area contributed by atoms with Crippen LogP contribution in [0.15, 0.2) is 30.3 Å². The molecule has 0 spiro atoms. The molecule has 25 heavy (non-hydrogen) atoms. The molecule has 3 rings (SSSR count). The van der Waals surface area contributed by atoms with Gasteiger partial charge in [-0.3, -0.25) is 4.79 Å². The Morgan fingerprint density at radius 2 is 1.92 bits per heavy atom. The molecule has 4 nitrogen and oxygen atoms in total. The zero-order chi connectivity index (χ0) is 18.0. The van der Waals surface area contributed by atoms with E-state index in [0.29, 0.717) is 19.6 Å². The van der Waals surface area contributed by atoms with Crippen LogP contribution < -0.4 is 14.8 Å². The van der Waals surface area contributed by atoms with Crippen LogP contribution in [0.1, 0.15) is 27.8 Å². The van der Waals surface area contributed by atoms with Crippen LogP contribution in [0.3, 0.4) is 0 Å². The van der Waals surface area contributed by atoms with E-state index in [1.807, 2.05) is 18.2 Å². The van der Waals surface area contributed by atoms with Crippen LogP contribution in [0.25, 0.3) is 0 Å². The maximum atomic E-state index is 12.6. The summed E-state index contributed by atoms with van der Waals surface area (Å²) in [4.78, 5) is 12.6. The van der Waals surface area contributed by atoms with Crippen molar-refractivity contribution in [3.05, 3.63) is 58.1 Å². The van der Waals surface area contributed by atoms with Gasteiger partial charge < -0.3 is 14.8 Å². The quantitative estimate of drug-likeness (QED) is 0.927. The first-order valence-electron chi connectivity index (χ1n) is 8.62. The van der Waals surface area contributed by atoms with Gasteiger partial charge in [-0.05, 0) is 67.6 Å². The van der Waals surface area contributed by atoms with Crippen LogP contribution in [0.5, 0.6) is 11.5 Å². The number of benzene rings is 2. The fourth-order valence-electron chi connectivity index (χ4n) is 3.47. The number of rotatable bonds is 4. The molecular weight excluding hydrogens is 314 g/mol. The Morgan fingerprint density at radius 1 is 1.20 bits per heavy atom. The molecule has 0 aliphatic carbocycles. The summed E-state index contributed by atoms with van der Waals surface area (Å²) in [6.07, 6.45) is 0.671. The second-order valence-corrected chi connectivity index (χ2v) is 6.78. The third-order valence-electron chi connectivity index (χ3n) is 4.82. The average Bonchev–Trinajstić information content (AvgIpc) is 2.59. The molecular formula is C21H25NO3. The molecule has 0 saturated heterocycles. The number of carbonyl (C=O) groups excluding carboxylic acids is 1. The SMILES string of the molecule is COc1ccc2c(c1)CC(C(=O)NCc1c(C)cc(C)cc1C)CO2. The maximum absolute atomic E-state index is 12.6. The van der Waals surface area contributed by atoms with Crippen molar-refractivity contribution in [2.75, 3.05) is 13.7 Å². The van der Waals surface area contributed by atoms with Gasteiger partial charge in [0.05, 0.1) is 13.0 Å². The fraction of sp³-hybridized carbons (Fsp3) is 0.381. The minimum Gasteiger partial charge on any atom is -0.497 e. The van der Waals surface area contributed by atoms with E-state index >= 15 is 0 Å². The molecule has 1 amide bonds. The minimum absolute atomic E-state index is 0.0350. The van der Waals surface area contributed by atoms with Crippen molar-refractivity contribution < 1.29 is 14.3 Å². The number of amides is 1. The van der Waals surface area contributed by atoms with Crippen LogP contribution in [-0.2, 0) is 17.8 Å². The van der Waals surface area contributed by atoms with Crippen LogP contribution in [0.2, 0.25) is 0 Å². The smallest absolute Gasteiger partial charge is 0.227 e. The molecule has 2 aromatic rings. The largest absolute Gasteiger partial charge is 0.497 e. The topological polar surface area (TPSA) is 47.6 Å². The zero-order valence-corrected chi connectivity index (χ0v) is 15.3. The highest BCUT2D eigenvalue weighted by Crippen LogP contribution is 2.30. The van der Waals surface area contributed by atoms with Crippen molar-refractivity contribution in [2.45, 2.75) is 33.7 Å². The highest BCUT2D eigenvalue weighted by atomic mass is 16.5. The summed E-state index contributed by atoms with van der Waals surface area (Å²) in [5.74, 6) is 1.49. The number of ether oxygens (including phenoxy) is 2. The first-order valence-corrected chi connectivity index (χ1v) is 8.62. The number of hydrogen-bond acceptors (Lipinski definition) is 3. The van der Waals surface area contributed by atoms with Crippen LogP contribution >= 0.6 is 0 Å². The van der Waals surface area contributed by atoms with E-state index in [2.05, 4.69) is 38.2 Å². The van der Waals surface area contributed by atoms with Gasteiger partial charge in [0.15, 0.2) is 0 Å². The van der Waals surface area contributed by atoms with Gasteiger partial charge in [-0.25, -0.2) is 0 Å². The lowest BCUT2D eigenvalue weighted by atomic mass is 9.95. The molecule has 1 N–H and O–H groups in total. The second kappa shape index (κ2) is 7.18. The van der Waals surface area contributed by atoms with E-state index in [1.165, 1.54) is 22.3 Å². The second-order valence-electron chi connectivity index (χ2n) is 6.78. The molecule has 4 heteroatoms. The van der Waals surface area contributed by atoms with Crippen molar-refractivity contribution in [3.63, 3.8) is 0 Å². The van der Waals surface area contributed by atoms with Gasteiger partial charge in [0.25, 0.3) is 0 Å². The van der Waals surface area contributed by atoms with Gasteiger partial charge in [0, 0.05) is 6.54 Å². The Morgan fingerprint density at radius 3 is 2.60 bits per heavy atom. The predicted octanol–water partition coefficient (Wildman–Crippen LogP) is 3.49. The molecule has 0 aromatic heterocycles. The van der Waals surface area contributed by atoms with Gasteiger partial charge in [0.1, 0.15) is 18.1 Å². The number of nitrogens with one attached hydrogen (secondary N) is 1. The summed E-state index contributed by atoms with van der Waals surface area (Å²) in [5, 5.41) is 3.08. The third-order valence-corrected chi connectivity index (χ3v) is 4.82. The van der Waals surface area contributed by atoms with Crippen molar-refractivity contribution in [1.29, 1.82) is 0 Å². The molecule has 0 fully saturated rings. The molecule has 0 bridgehead atoms. The van der Waals surface area contributed by atoms with Crippen LogP contribution in [-0.4, -0.2) is 19.6 Å². The third kappa shape index (κ3) is 3.78. The zero-order valence-electron chi connectivity index (χ0n) is 15.3. The lowest BCUT2D eigenvalue weighted by molar-refractivity contribution is -0.126. The van der Waals surface area contributed by atoms with E-state index in [-0.39, 0.29) is 11.8 Å². The Hall–Kier alpha value is -2.49. The molecule has 132 valence electrons. The standard InChI is InChI=1S/C21H25NO3/c1-13-7-14(2)19(15(3)8-13)11-22-21(23)17-9-16-10-18(24-4)5-6-20(16)25-12-17/h5-8,10,17H,9,11-12H2,1-4H3,(H,22,23). The lowest BCUT2D eigenvalue weighted by Crippen LogP contribution is -2.37. The summed E-state index contributed by atoms with van der Waals surface area (Å²) in [5.41, 5.74) is 5.89. The summed E-state index contributed by atoms with van der Waals surface area (Å²) in [6.45, 7) is 7.24. The summed E-state index contributed by atoms with van der Waals surface area (Å²) in [7, 11) is 1.64. The molecule has 2 aromatic carbocycles. The monoisotopic (exact) mass is 339 g/mol. The van der Waals surface area contributed by atoms with Crippen LogP contribution in [0, 0.1) is 26.7 Å². The first-order chi connectivity index (χ1) is 12.0. The molecule has 1 unspecified atom stereocenters. The Bertz CT molecular complexity index is 775. The van der Waals surface area contributed by atoms with E-state index in [0.717, 1.165) is 17.1 Å². The predicted molar refractivity (Wildman–Crippen MR) is 98.2 cm³/mol. The molecule has 0 radical (unpaired) electrons. The first kappa shape index (κ1) is 17.3. The van der Waals surface area contributed by atoms with Crippen LogP contribution in [0.4, 0.5) is 0 Å². The highest BCUT2D eigenvalue weighted by Gasteiger charge is 2.26. The van der Waals surface area contributed by atoms with Gasteiger partial charge >= 0.3 is 0 Å². The summed E-state index contributed by atoms with van der Waals surface area (Å²) < 4.78 is 11.0. The van der Waals surface area contributed by atoms with Crippen molar-refractivity contribution >= 4 is 5.91 Å². The highest BCUT2D eigenvalue weighted by molar-refractivity contribution is 5.79. The van der Waals surface area contributed by atoms with Gasteiger partial charge in [-0.15, -0.1) is 0 Å². The summed E-state index contributed by atoms with van der Waals surface area (Å²) in [6, 6.07) is 10.0. The van der Waals surface area contributed by atoms with Gasteiger partial charge in [-0.1, -0.05) is 17.7 Å². The van der Waals surface area contributed by atoms with Gasteiger partial charge in [-0.2, -0.15) is 0 Å². The normalized spacial score (nSPS) is 15.9.